The molecule has 1 saturated carbocycles. The van der Waals surface area contributed by atoms with Gasteiger partial charge in [0.15, 0.2) is 9.04 Å². The zero-order valence-corrected chi connectivity index (χ0v) is 14.3. The molecule has 18 heavy (non-hydrogen) atoms. The highest BCUT2D eigenvalue weighted by Crippen LogP contribution is 2.46. The predicted octanol–water partition coefficient (Wildman–Crippen LogP) is 3.59. The van der Waals surface area contributed by atoms with E-state index in [2.05, 4.69) is 40.8 Å². The molecule has 1 aliphatic carbocycles. The normalized spacial score (nSPS) is 29.3. The highest BCUT2D eigenvalue weighted by molar-refractivity contribution is 6.48. The van der Waals surface area contributed by atoms with Crippen LogP contribution < -0.4 is 0 Å². The van der Waals surface area contributed by atoms with E-state index < -0.39 is 9.04 Å². The Morgan fingerprint density at radius 1 is 1.06 bits per heavy atom. The van der Waals surface area contributed by atoms with Crippen LogP contribution in [0.3, 0.4) is 0 Å². The monoisotopic (exact) mass is 272 g/mol. The van der Waals surface area contributed by atoms with Crippen molar-refractivity contribution in [2.45, 2.75) is 72.1 Å². The van der Waals surface area contributed by atoms with Gasteiger partial charge in [-0.15, -0.1) is 0 Å². The average molecular weight is 273 g/mol. The van der Waals surface area contributed by atoms with E-state index in [-0.39, 0.29) is 11.0 Å². The molecule has 1 atom stereocenters. The zero-order valence-electron chi connectivity index (χ0n) is 13.1. The van der Waals surface area contributed by atoms with Crippen molar-refractivity contribution in [3.05, 3.63) is 0 Å². The first-order valence-electron chi connectivity index (χ1n) is 7.49. The first kappa shape index (κ1) is 16.2. The van der Waals surface area contributed by atoms with Gasteiger partial charge in [-0.05, 0) is 63.0 Å². The minimum atomic E-state index is -1.04. The lowest BCUT2D eigenvalue weighted by Gasteiger charge is -2.50. The van der Waals surface area contributed by atoms with Crippen molar-refractivity contribution in [2.75, 3.05) is 6.61 Å². The quantitative estimate of drug-likeness (QED) is 0.793. The number of aliphatic hydroxyl groups is 1. The maximum atomic E-state index is 9.26. The lowest BCUT2D eigenvalue weighted by molar-refractivity contribution is -0.0845. The molecule has 0 bridgehead atoms. The van der Waals surface area contributed by atoms with Crippen LogP contribution in [0.1, 0.15) is 53.4 Å². The summed E-state index contributed by atoms with van der Waals surface area (Å²) in [5.41, 5.74) is 0.175. The summed E-state index contributed by atoms with van der Waals surface area (Å²) in [5.74, 6) is 1.18. The summed E-state index contributed by atoms with van der Waals surface area (Å²) in [6, 6.07) is 0. The Kier molecular flexibility index (Phi) is 5.45. The second kappa shape index (κ2) is 6.06. The molecule has 0 aromatic carbocycles. The van der Waals surface area contributed by atoms with Crippen molar-refractivity contribution >= 4 is 9.04 Å². The Balaban J connectivity index is 2.79. The van der Waals surface area contributed by atoms with E-state index in [1.807, 2.05) is 0 Å². The molecular weight excluding hydrogens is 240 g/mol. The highest BCUT2D eigenvalue weighted by atomic mass is 28.3. The van der Waals surface area contributed by atoms with E-state index in [0.717, 1.165) is 12.8 Å². The number of hydrogen-bond donors (Lipinski definition) is 1. The van der Waals surface area contributed by atoms with Crippen LogP contribution in [0.5, 0.6) is 0 Å². The van der Waals surface area contributed by atoms with Gasteiger partial charge >= 0.3 is 0 Å². The van der Waals surface area contributed by atoms with Crippen LogP contribution in [0, 0.1) is 17.3 Å². The van der Waals surface area contributed by atoms with E-state index in [9.17, 15) is 5.11 Å². The van der Waals surface area contributed by atoms with Crippen LogP contribution in [0.2, 0.25) is 13.1 Å². The first-order valence-corrected chi connectivity index (χ1v) is 10.3. The molecule has 0 heterocycles. The van der Waals surface area contributed by atoms with Crippen LogP contribution in [0.25, 0.3) is 0 Å². The van der Waals surface area contributed by atoms with Crippen LogP contribution >= 0.6 is 0 Å². The van der Waals surface area contributed by atoms with Gasteiger partial charge in [-0.2, -0.15) is 0 Å². The highest BCUT2D eigenvalue weighted by Gasteiger charge is 2.46. The zero-order chi connectivity index (χ0) is 14.0. The number of rotatable bonds is 4. The van der Waals surface area contributed by atoms with Crippen LogP contribution in [0.4, 0.5) is 0 Å². The van der Waals surface area contributed by atoms with Gasteiger partial charge in [0, 0.05) is 6.61 Å². The Hall–Kier alpha value is 0.137. The van der Waals surface area contributed by atoms with Gasteiger partial charge in [0.2, 0.25) is 0 Å². The fourth-order valence-corrected chi connectivity index (χ4v) is 4.80. The minimum absolute atomic E-state index is 0.00614. The number of hydrogen-bond acceptors (Lipinski definition) is 2. The van der Waals surface area contributed by atoms with Gasteiger partial charge in [0.25, 0.3) is 0 Å². The van der Waals surface area contributed by atoms with Gasteiger partial charge < -0.3 is 9.53 Å². The third-order valence-electron chi connectivity index (χ3n) is 4.85. The third-order valence-corrected chi connectivity index (χ3v) is 5.81. The summed E-state index contributed by atoms with van der Waals surface area (Å²) < 4.78 is 6.49. The Bertz CT molecular complexity index is 252. The van der Waals surface area contributed by atoms with Crippen molar-refractivity contribution in [2.24, 2.45) is 17.3 Å². The lowest BCUT2D eigenvalue weighted by atomic mass is 9.64. The molecule has 1 aliphatic rings. The molecule has 1 rings (SSSR count). The van der Waals surface area contributed by atoms with E-state index in [1.165, 1.54) is 12.8 Å². The average Bonchev–Trinajstić information content (AvgIpc) is 2.26. The third kappa shape index (κ3) is 3.58. The van der Waals surface area contributed by atoms with Gasteiger partial charge in [-0.3, -0.25) is 0 Å². The molecule has 1 fully saturated rings. The second-order valence-corrected chi connectivity index (χ2v) is 9.76. The van der Waals surface area contributed by atoms with Gasteiger partial charge in [-0.25, -0.2) is 0 Å². The predicted molar refractivity (Wildman–Crippen MR) is 80.4 cm³/mol. The molecule has 0 aliphatic heterocycles. The summed E-state index contributed by atoms with van der Waals surface area (Å²) in [4.78, 5) is 0. The van der Waals surface area contributed by atoms with E-state index in [4.69, 9.17) is 4.43 Å². The fraction of sp³-hybridized carbons (Fsp3) is 1.00. The first-order chi connectivity index (χ1) is 8.20. The van der Waals surface area contributed by atoms with Crippen LogP contribution in [-0.2, 0) is 4.43 Å². The standard InChI is InChI=1S/C15H32O2Si/c1-14(2,3)15(4,17-18(5)6)13-9-7-12(11-16)8-10-13/h12-13,16,18H,7-11H2,1-6H3. The summed E-state index contributed by atoms with van der Waals surface area (Å²) in [6.07, 6.45) is 4.74. The second-order valence-electron chi connectivity index (χ2n) is 7.42. The molecule has 108 valence electrons. The summed E-state index contributed by atoms with van der Waals surface area (Å²) in [5, 5.41) is 9.26. The Morgan fingerprint density at radius 2 is 1.56 bits per heavy atom. The molecule has 0 radical (unpaired) electrons. The van der Waals surface area contributed by atoms with Crippen molar-refractivity contribution in [1.29, 1.82) is 0 Å². The molecule has 0 aromatic rings. The molecular formula is C15H32O2Si. The largest absolute Gasteiger partial charge is 0.415 e. The van der Waals surface area contributed by atoms with E-state index in [0.29, 0.717) is 18.4 Å². The molecule has 0 aromatic heterocycles. The van der Waals surface area contributed by atoms with E-state index >= 15 is 0 Å². The van der Waals surface area contributed by atoms with Crippen LogP contribution in [0.15, 0.2) is 0 Å². The Labute approximate surface area is 115 Å². The maximum absolute atomic E-state index is 9.26. The molecule has 2 nitrogen and oxygen atoms in total. The maximum Gasteiger partial charge on any atom is 0.171 e. The molecule has 0 amide bonds. The molecule has 1 unspecified atom stereocenters. The summed E-state index contributed by atoms with van der Waals surface area (Å²) >= 11 is 0. The van der Waals surface area contributed by atoms with Gasteiger partial charge in [0.05, 0.1) is 5.60 Å². The lowest BCUT2D eigenvalue weighted by Crippen LogP contribution is -2.52. The SMILES string of the molecule is C[SiH](C)OC(C)(C1CCC(CO)CC1)C(C)(C)C. The van der Waals surface area contributed by atoms with Crippen LogP contribution in [-0.4, -0.2) is 26.4 Å². The summed E-state index contributed by atoms with van der Waals surface area (Å²) in [7, 11) is -1.04. The van der Waals surface area contributed by atoms with Crippen molar-refractivity contribution in [3.8, 4) is 0 Å². The minimum Gasteiger partial charge on any atom is -0.415 e. The van der Waals surface area contributed by atoms with Gasteiger partial charge in [0.1, 0.15) is 0 Å². The molecule has 3 heteroatoms. The van der Waals surface area contributed by atoms with Gasteiger partial charge in [-0.1, -0.05) is 20.8 Å². The van der Waals surface area contributed by atoms with E-state index in [1.54, 1.807) is 0 Å². The molecule has 0 saturated heterocycles. The van der Waals surface area contributed by atoms with Crippen molar-refractivity contribution in [1.82, 2.24) is 0 Å². The summed E-state index contributed by atoms with van der Waals surface area (Å²) in [6.45, 7) is 14.1. The van der Waals surface area contributed by atoms with Crippen molar-refractivity contribution in [3.63, 3.8) is 0 Å². The molecule has 1 N–H and O–H groups in total. The smallest absolute Gasteiger partial charge is 0.171 e. The Morgan fingerprint density at radius 3 is 1.89 bits per heavy atom. The fourth-order valence-electron chi connectivity index (χ4n) is 3.27. The number of aliphatic hydroxyl groups excluding tert-OH is 1. The molecule has 0 spiro atoms. The topological polar surface area (TPSA) is 29.5 Å². The van der Waals surface area contributed by atoms with Crippen molar-refractivity contribution < 1.29 is 9.53 Å².